The first-order valence-electron chi connectivity index (χ1n) is 7.80. The highest BCUT2D eigenvalue weighted by Crippen LogP contribution is 2.36. The van der Waals surface area contributed by atoms with Crippen LogP contribution in [0.1, 0.15) is 60.5 Å². The maximum Gasteiger partial charge on any atom is 0.312 e. The van der Waals surface area contributed by atoms with E-state index in [1.165, 1.54) is 5.56 Å². The van der Waals surface area contributed by atoms with Gasteiger partial charge >= 0.3 is 5.97 Å². The van der Waals surface area contributed by atoms with Gasteiger partial charge in [0.1, 0.15) is 12.4 Å². The standard InChI is InChI=1S/C19H30O3/c1-17(2,3)12-18(4,5)14-8-10-15(11-9-14)22-13-19(6,7)16(20)21/h8-11H,12-13H2,1-7H3,(H,20,21). The number of rotatable bonds is 6. The van der Waals surface area contributed by atoms with Gasteiger partial charge in [-0.25, -0.2) is 0 Å². The first kappa shape index (κ1) is 18.5. The summed E-state index contributed by atoms with van der Waals surface area (Å²) in [6, 6.07) is 8.01. The van der Waals surface area contributed by atoms with Gasteiger partial charge in [-0.05, 0) is 48.8 Å². The summed E-state index contributed by atoms with van der Waals surface area (Å²) in [7, 11) is 0. The molecule has 0 unspecified atom stereocenters. The van der Waals surface area contributed by atoms with Crippen LogP contribution in [0.4, 0.5) is 0 Å². The van der Waals surface area contributed by atoms with Crippen molar-refractivity contribution < 1.29 is 14.6 Å². The molecule has 1 aromatic carbocycles. The lowest BCUT2D eigenvalue weighted by molar-refractivity contribution is -0.148. The Morgan fingerprint density at radius 1 is 1.00 bits per heavy atom. The van der Waals surface area contributed by atoms with Crippen molar-refractivity contribution in [3.05, 3.63) is 29.8 Å². The number of carboxylic acid groups (broad SMARTS) is 1. The van der Waals surface area contributed by atoms with Crippen LogP contribution >= 0.6 is 0 Å². The molecular weight excluding hydrogens is 276 g/mol. The summed E-state index contributed by atoms with van der Waals surface area (Å²) in [6.07, 6.45) is 1.09. The van der Waals surface area contributed by atoms with Gasteiger partial charge < -0.3 is 9.84 Å². The van der Waals surface area contributed by atoms with E-state index in [2.05, 4.69) is 46.8 Å². The zero-order valence-electron chi connectivity index (χ0n) is 15.0. The number of carbonyl (C=O) groups is 1. The van der Waals surface area contributed by atoms with E-state index in [0.29, 0.717) is 5.75 Å². The lowest BCUT2D eigenvalue weighted by Gasteiger charge is -2.33. The number of ether oxygens (including phenoxy) is 1. The minimum absolute atomic E-state index is 0.0944. The van der Waals surface area contributed by atoms with Gasteiger partial charge in [-0.1, -0.05) is 46.8 Å². The molecule has 0 heterocycles. The van der Waals surface area contributed by atoms with Crippen molar-refractivity contribution in [3.8, 4) is 5.75 Å². The van der Waals surface area contributed by atoms with E-state index in [1.807, 2.05) is 12.1 Å². The highest BCUT2D eigenvalue weighted by molar-refractivity contribution is 5.73. The van der Waals surface area contributed by atoms with E-state index >= 15 is 0 Å². The summed E-state index contributed by atoms with van der Waals surface area (Å²) in [6.45, 7) is 14.7. The predicted molar refractivity (Wildman–Crippen MR) is 90.5 cm³/mol. The maximum absolute atomic E-state index is 11.1. The molecule has 0 aliphatic carbocycles. The summed E-state index contributed by atoms with van der Waals surface area (Å²) in [5.74, 6) is -0.139. The third-order valence-corrected chi connectivity index (χ3v) is 3.79. The van der Waals surface area contributed by atoms with Gasteiger partial charge in [0.25, 0.3) is 0 Å². The average Bonchev–Trinajstić information content (AvgIpc) is 2.34. The summed E-state index contributed by atoms with van der Waals surface area (Å²) in [5, 5.41) is 9.10. The van der Waals surface area contributed by atoms with Crippen LogP contribution in [0.25, 0.3) is 0 Å². The molecule has 3 heteroatoms. The van der Waals surface area contributed by atoms with Crippen molar-refractivity contribution in [2.24, 2.45) is 10.8 Å². The molecule has 0 spiro atoms. The van der Waals surface area contributed by atoms with Crippen molar-refractivity contribution in [1.29, 1.82) is 0 Å². The van der Waals surface area contributed by atoms with E-state index < -0.39 is 11.4 Å². The van der Waals surface area contributed by atoms with Gasteiger partial charge in [0.05, 0.1) is 5.41 Å². The van der Waals surface area contributed by atoms with Crippen molar-refractivity contribution in [3.63, 3.8) is 0 Å². The Hall–Kier alpha value is -1.51. The minimum Gasteiger partial charge on any atom is -0.492 e. The fourth-order valence-electron chi connectivity index (χ4n) is 2.76. The average molecular weight is 306 g/mol. The first-order chi connectivity index (χ1) is 9.83. The van der Waals surface area contributed by atoms with Gasteiger partial charge in [-0.2, -0.15) is 0 Å². The molecule has 0 amide bonds. The summed E-state index contributed by atoms with van der Waals surface area (Å²) < 4.78 is 5.62. The number of hydrogen-bond acceptors (Lipinski definition) is 2. The molecule has 0 aliphatic heterocycles. The van der Waals surface area contributed by atoms with Gasteiger partial charge in [-0.15, -0.1) is 0 Å². The summed E-state index contributed by atoms with van der Waals surface area (Å²) in [4.78, 5) is 11.1. The Balaban J connectivity index is 2.77. The molecule has 0 atom stereocenters. The molecule has 1 rings (SSSR count). The lowest BCUT2D eigenvalue weighted by Crippen LogP contribution is -2.30. The van der Waals surface area contributed by atoms with Crippen LogP contribution in [0, 0.1) is 10.8 Å². The lowest BCUT2D eigenvalue weighted by atomic mass is 9.72. The molecule has 0 aliphatic rings. The molecule has 22 heavy (non-hydrogen) atoms. The van der Waals surface area contributed by atoms with Gasteiger partial charge in [-0.3, -0.25) is 4.79 Å². The second kappa shape index (κ2) is 6.31. The number of aliphatic carboxylic acids is 1. The molecule has 0 saturated heterocycles. The fraction of sp³-hybridized carbons (Fsp3) is 0.632. The molecule has 1 N–H and O–H groups in total. The van der Waals surface area contributed by atoms with Crippen LogP contribution in [0.2, 0.25) is 0 Å². The number of benzene rings is 1. The molecule has 0 radical (unpaired) electrons. The molecule has 3 nitrogen and oxygen atoms in total. The third-order valence-electron chi connectivity index (χ3n) is 3.79. The normalized spacial score (nSPS) is 13.0. The number of hydrogen-bond donors (Lipinski definition) is 1. The SMILES string of the molecule is CC(C)(C)CC(C)(C)c1ccc(OCC(C)(C)C(=O)O)cc1. The monoisotopic (exact) mass is 306 g/mol. The molecule has 0 fully saturated rings. The highest BCUT2D eigenvalue weighted by Gasteiger charge is 2.29. The first-order valence-corrected chi connectivity index (χ1v) is 7.80. The van der Waals surface area contributed by atoms with Crippen molar-refractivity contribution in [2.45, 2.75) is 60.3 Å². The van der Waals surface area contributed by atoms with Crippen LogP contribution < -0.4 is 4.74 Å². The predicted octanol–water partition coefficient (Wildman–Crippen LogP) is 4.89. The molecule has 124 valence electrons. The Bertz CT molecular complexity index is 504. The zero-order chi connectivity index (χ0) is 17.2. The van der Waals surface area contributed by atoms with Crippen molar-refractivity contribution in [1.82, 2.24) is 0 Å². The summed E-state index contributed by atoms with van der Waals surface area (Å²) in [5.41, 5.74) is 0.748. The van der Waals surface area contributed by atoms with Gasteiger partial charge in [0.15, 0.2) is 0 Å². The van der Waals surface area contributed by atoms with Crippen molar-refractivity contribution >= 4 is 5.97 Å². The Kier molecular flexibility index (Phi) is 5.32. The quantitative estimate of drug-likeness (QED) is 0.814. The van der Waals surface area contributed by atoms with E-state index in [4.69, 9.17) is 9.84 Å². The molecule has 0 bridgehead atoms. The zero-order valence-corrected chi connectivity index (χ0v) is 15.0. The number of carboxylic acids is 1. The van der Waals surface area contributed by atoms with Crippen LogP contribution in [0.3, 0.4) is 0 Å². The van der Waals surface area contributed by atoms with E-state index in [1.54, 1.807) is 13.8 Å². The van der Waals surface area contributed by atoms with Crippen molar-refractivity contribution in [2.75, 3.05) is 6.61 Å². The van der Waals surface area contributed by atoms with E-state index in [9.17, 15) is 4.79 Å². The smallest absolute Gasteiger partial charge is 0.312 e. The van der Waals surface area contributed by atoms with Gasteiger partial charge in [0.2, 0.25) is 0 Å². The maximum atomic E-state index is 11.1. The van der Waals surface area contributed by atoms with Crippen LogP contribution in [0.5, 0.6) is 5.75 Å². The van der Waals surface area contributed by atoms with Crippen LogP contribution in [-0.4, -0.2) is 17.7 Å². The summed E-state index contributed by atoms with van der Waals surface area (Å²) >= 11 is 0. The molecule has 0 aromatic heterocycles. The van der Waals surface area contributed by atoms with E-state index in [0.717, 1.165) is 6.42 Å². The Morgan fingerprint density at radius 3 is 1.91 bits per heavy atom. The molecule has 0 saturated carbocycles. The Labute approximate surface area is 134 Å². The van der Waals surface area contributed by atoms with Crippen LogP contribution in [-0.2, 0) is 10.2 Å². The fourth-order valence-corrected chi connectivity index (χ4v) is 2.76. The van der Waals surface area contributed by atoms with Crippen LogP contribution in [0.15, 0.2) is 24.3 Å². The molecular formula is C19H30O3. The third kappa shape index (κ3) is 5.36. The second-order valence-electron chi connectivity index (χ2n) is 8.62. The largest absolute Gasteiger partial charge is 0.492 e. The highest BCUT2D eigenvalue weighted by atomic mass is 16.5. The Morgan fingerprint density at radius 2 is 1.50 bits per heavy atom. The molecule has 1 aromatic rings. The minimum atomic E-state index is -0.885. The topological polar surface area (TPSA) is 46.5 Å². The second-order valence-corrected chi connectivity index (χ2v) is 8.62. The van der Waals surface area contributed by atoms with Gasteiger partial charge in [0, 0.05) is 0 Å². The van der Waals surface area contributed by atoms with E-state index in [-0.39, 0.29) is 17.4 Å².